The molecule has 0 saturated heterocycles. The first-order valence-electron chi connectivity index (χ1n) is 29.0. The van der Waals surface area contributed by atoms with E-state index in [0.717, 1.165) is 111 Å². The van der Waals surface area contributed by atoms with Crippen LogP contribution >= 0.6 is 0 Å². The molecule has 3 saturated carbocycles. The summed E-state index contributed by atoms with van der Waals surface area (Å²) in [7, 11) is 1.62. The fourth-order valence-electron chi connectivity index (χ4n) is 14.1. The van der Waals surface area contributed by atoms with Gasteiger partial charge in [0.05, 0.1) is 13.5 Å². The molecule has 1 aromatic carbocycles. The molecule has 9 atom stereocenters. The van der Waals surface area contributed by atoms with Crippen molar-refractivity contribution in [2.24, 2.45) is 52.3 Å². The molecule has 2 N–H and O–H groups in total. The standard InChI is InChI=1S/C62H103N3O8/c1-15-46(43(2)3)24-21-44(4)51-29-30-52-50-28-25-47-41-49(33-36-61(47,12)53(50)34-37-62(51,52)13)72-55(67)32-31-54(66)65(40-38-60(10,11)64-57(69)73-58(5,6)7)39-20-18-16-17-19-35-59(8,9)63-56(68)71-42-45-22-26-48(70-14)27-23-45/h22-23,25-27,43-44,46,49-53H,15-21,24,28-42H2,1-14H3,(H,63,68)(H,64,69)/t44-,46-,49+,50+,51?,52?,53?,61+,62-/m1/s1. The number of allylic oxidation sites excluding steroid dienone is 1. The highest BCUT2D eigenvalue weighted by Gasteiger charge is 2.59. The second-order valence-corrected chi connectivity index (χ2v) is 26.4. The summed E-state index contributed by atoms with van der Waals surface area (Å²) >= 11 is 0. The van der Waals surface area contributed by atoms with Crippen LogP contribution in [0.5, 0.6) is 5.75 Å². The van der Waals surface area contributed by atoms with E-state index in [1.165, 1.54) is 50.5 Å². The molecule has 0 aromatic heterocycles. The number of rotatable bonds is 26. The number of methoxy groups -OCH3 is 1. The summed E-state index contributed by atoms with van der Waals surface area (Å²) in [6.45, 7) is 29.6. The Bertz CT molecular complexity index is 1970. The Kier molecular flexibility index (Phi) is 21.7. The highest BCUT2D eigenvalue weighted by atomic mass is 16.6. The molecule has 4 aliphatic rings. The second kappa shape index (κ2) is 26.3. The summed E-state index contributed by atoms with van der Waals surface area (Å²) < 4.78 is 22.4. The molecular formula is C62H103N3O8. The Morgan fingerprint density at radius 1 is 0.767 bits per heavy atom. The Morgan fingerprint density at radius 2 is 1.44 bits per heavy atom. The number of carbonyl (C=O) groups excluding carboxylic acids is 4. The van der Waals surface area contributed by atoms with Gasteiger partial charge in [0.1, 0.15) is 24.1 Å². The minimum absolute atomic E-state index is 0.0572. The number of esters is 1. The van der Waals surface area contributed by atoms with E-state index in [-0.39, 0.29) is 42.8 Å². The first kappa shape index (κ1) is 60.1. The van der Waals surface area contributed by atoms with Crippen molar-refractivity contribution < 1.29 is 38.1 Å². The first-order valence-corrected chi connectivity index (χ1v) is 29.0. The minimum atomic E-state index is -0.622. The monoisotopic (exact) mass is 1020 g/mol. The van der Waals surface area contributed by atoms with Crippen molar-refractivity contribution in [1.29, 1.82) is 0 Å². The summed E-state index contributed by atoms with van der Waals surface area (Å²) in [4.78, 5) is 54.6. The molecule has 73 heavy (non-hydrogen) atoms. The van der Waals surface area contributed by atoms with Crippen LogP contribution in [-0.4, -0.2) is 71.9 Å². The summed E-state index contributed by atoms with van der Waals surface area (Å²) in [6.07, 6.45) is 21.1. The van der Waals surface area contributed by atoms with Crippen LogP contribution in [0.15, 0.2) is 35.9 Å². The van der Waals surface area contributed by atoms with Crippen LogP contribution in [0.25, 0.3) is 0 Å². The van der Waals surface area contributed by atoms with Crippen molar-refractivity contribution >= 4 is 24.1 Å². The number of carbonyl (C=O) groups is 4. The van der Waals surface area contributed by atoms with E-state index in [2.05, 4.69) is 58.3 Å². The molecule has 3 fully saturated rings. The van der Waals surface area contributed by atoms with Crippen LogP contribution in [0.1, 0.15) is 224 Å². The maximum Gasteiger partial charge on any atom is 0.408 e. The van der Waals surface area contributed by atoms with Crippen molar-refractivity contribution in [1.82, 2.24) is 15.5 Å². The number of hydrogen-bond acceptors (Lipinski definition) is 8. The summed E-state index contributed by atoms with van der Waals surface area (Å²) in [5.41, 5.74) is 1.36. The maximum atomic E-state index is 14.0. The van der Waals surface area contributed by atoms with Gasteiger partial charge in [0.2, 0.25) is 5.91 Å². The molecular weight excluding hydrogens is 915 g/mol. The summed E-state index contributed by atoms with van der Waals surface area (Å²) in [5.74, 6) is 5.92. The SMILES string of the molecule is CC[C@H](CC[C@@H](C)C1CCC2[C@@H]3CC=C4C[C@@H](OC(=O)CCC(=O)N(CCCCCCCC(C)(C)NC(=O)OCc5ccc(OC)cc5)CCC(C)(C)NC(=O)OC(C)(C)C)CC[C@]4(C)C3CC[C@@]21C)C(C)C. The van der Waals surface area contributed by atoms with Gasteiger partial charge in [-0.25, -0.2) is 9.59 Å². The van der Waals surface area contributed by atoms with Crippen LogP contribution in [0.3, 0.4) is 0 Å². The van der Waals surface area contributed by atoms with Crippen molar-refractivity contribution in [2.45, 2.75) is 248 Å². The topological polar surface area (TPSA) is 132 Å². The van der Waals surface area contributed by atoms with E-state index in [9.17, 15) is 19.2 Å². The lowest BCUT2D eigenvalue weighted by atomic mass is 9.47. The lowest BCUT2D eigenvalue weighted by Gasteiger charge is -2.58. The third kappa shape index (κ3) is 17.4. The average molecular weight is 1020 g/mol. The minimum Gasteiger partial charge on any atom is -0.497 e. The van der Waals surface area contributed by atoms with Gasteiger partial charge in [-0.15, -0.1) is 0 Å². The van der Waals surface area contributed by atoms with E-state index in [1.807, 2.05) is 77.6 Å². The zero-order valence-corrected chi connectivity index (χ0v) is 48.5. The molecule has 0 radical (unpaired) electrons. The van der Waals surface area contributed by atoms with Crippen LogP contribution < -0.4 is 15.4 Å². The largest absolute Gasteiger partial charge is 0.497 e. The Morgan fingerprint density at radius 3 is 2.11 bits per heavy atom. The number of benzene rings is 1. The van der Waals surface area contributed by atoms with Gasteiger partial charge >= 0.3 is 18.2 Å². The van der Waals surface area contributed by atoms with E-state index in [0.29, 0.717) is 30.8 Å². The number of nitrogens with one attached hydrogen (secondary N) is 2. The van der Waals surface area contributed by atoms with Crippen molar-refractivity contribution in [3.05, 3.63) is 41.5 Å². The quantitative estimate of drug-likeness (QED) is 0.0406. The molecule has 3 unspecified atom stereocenters. The van der Waals surface area contributed by atoms with E-state index in [1.54, 1.807) is 7.11 Å². The third-order valence-corrected chi connectivity index (χ3v) is 18.5. The second-order valence-electron chi connectivity index (χ2n) is 26.4. The Labute approximate surface area is 443 Å². The number of alkyl carbamates (subject to hydrolysis) is 2. The van der Waals surface area contributed by atoms with Crippen LogP contribution in [0.2, 0.25) is 0 Å². The number of unbranched alkanes of at least 4 members (excludes halogenated alkanes) is 4. The average Bonchev–Trinajstić information content (AvgIpc) is 3.67. The van der Waals surface area contributed by atoms with Gasteiger partial charge in [0.25, 0.3) is 0 Å². The van der Waals surface area contributed by atoms with Gasteiger partial charge < -0.3 is 34.5 Å². The number of ether oxygens (including phenoxy) is 4. The zero-order valence-electron chi connectivity index (χ0n) is 48.5. The molecule has 0 bridgehead atoms. The van der Waals surface area contributed by atoms with Gasteiger partial charge in [0.15, 0.2) is 0 Å². The molecule has 0 heterocycles. The highest BCUT2D eigenvalue weighted by Crippen LogP contribution is 2.67. The van der Waals surface area contributed by atoms with Crippen LogP contribution in [-0.2, 0) is 30.4 Å². The third-order valence-electron chi connectivity index (χ3n) is 18.5. The fraction of sp³-hybridized carbons (Fsp3) is 0.806. The van der Waals surface area contributed by atoms with Crippen LogP contribution in [0.4, 0.5) is 9.59 Å². The number of fused-ring (bicyclic) bond motifs is 5. The number of amides is 3. The molecule has 4 aliphatic carbocycles. The predicted octanol–water partition coefficient (Wildman–Crippen LogP) is 14.9. The van der Waals surface area contributed by atoms with Crippen LogP contribution in [0, 0.1) is 52.3 Å². The molecule has 11 nitrogen and oxygen atoms in total. The number of nitrogens with zero attached hydrogens (tertiary/aromatic N) is 1. The first-order chi connectivity index (χ1) is 34.3. The van der Waals surface area contributed by atoms with Gasteiger partial charge in [-0.2, -0.15) is 0 Å². The normalized spacial score (nSPS) is 25.8. The lowest BCUT2D eigenvalue weighted by Crippen LogP contribution is -2.51. The van der Waals surface area contributed by atoms with Gasteiger partial charge in [0, 0.05) is 37.0 Å². The molecule has 0 spiro atoms. The number of hydrogen-bond donors (Lipinski definition) is 2. The van der Waals surface area contributed by atoms with Gasteiger partial charge in [-0.05, 0) is 189 Å². The van der Waals surface area contributed by atoms with Gasteiger partial charge in [-0.3, -0.25) is 9.59 Å². The maximum absolute atomic E-state index is 14.0. The molecule has 1 aromatic rings. The molecule has 5 rings (SSSR count). The molecule has 414 valence electrons. The smallest absolute Gasteiger partial charge is 0.408 e. The zero-order chi connectivity index (χ0) is 53.8. The molecule has 0 aliphatic heterocycles. The lowest BCUT2D eigenvalue weighted by molar-refractivity contribution is -0.153. The summed E-state index contributed by atoms with van der Waals surface area (Å²) in [5, 5.41) is 6.00. The molecule has 11 heteroatoms. The predicted molar refractivity (Wildman–Crippen MR) is 294 cm³/mol. The fourth-order valence-corrected chi connectivity index (χ4v) is 14.1. The van der Waals surface area contributed by atoms with Gasteiger partial charge in [-0.1, -0.05) is 104 Å². The Hall–Kier alpha value is -3.76. The van der Waals surface area contributed by atoms with Crippen molar-refractivity contribution in [3.8, 4) is 5.75 Å². The van der Waals surface area contributed by atoms with Crippen molar-refractivity contribution in [3.63, 3.8) is 0 Å². The van der Waals surface area contributed by atoms with E-state index >= 15 is 0 Å². The highest BCUT2D eigenvalue weighted by molar-refractivity contribution is 5.81. The van der Waals surface area contributed by atoms with E-state index < -0.39 is 28.9 Å². The summed E-state index contributed by atoms with van der Waals surface area (Å²) in [6, 6.07) is 7.45. The molecule has 3 amide bonds. The van der Waals surface area contributed by atoms with E-state index in [4.69, 9.17) is 18.9 Å². The Balaban J connectivity index is 1.08. The van der Waals surface area contributed by atoms with Crippen molar-refractivity contribution in [2.75, 3.05) is 20.2 Å².